The Hall–Kier alpha value is -2.81. The SMILES string of the molecule is CCOCc1ccccc1CNC(=O)NCCNc1ncccc1C(F)(F)F. The number of carbonyl (C=O) groups excluding carboxylic acids is 1. The summed E-state index contributed by atoms with van der Waals surface area (Å²) in [6.45, 7) is 3.54. The van der Waals surface area contributed by atoms with E-state index in [4.69, 9.17) is 4.74 Å². The minimum atomic E-state index is -4.49. The topological polar surface area (TPSA) is 75.3 Å². The molecule has 1 aromatic heterocycles. The third-order valence-corrected chi connectivity index (χ3v) is 3.84. The Morgan fingerprint density at radius 1 is 1.07 bits per heavy atom. The van der Waals surface area contributed by atoms with Crippen molar-refractivity contribution < 1.29 is 22.7 Å². The lowest BCUT2D eigenvalue weighted by Gasteiger charge is -2.14. The fourth-order valence-electron chi connectivity index (χ4n) is 2.45. The number of urea groups is 1. The zero-order valence-electron chi connectivity index (χ0n) is 15.5. The molecule has 0 aliphatic heterocycles. The van der Waals surface area contributed by atoms with E-state index in [1.165, 1.54) is 12.3 Å². The van der Waals surface area contributed by atoms with Crippen LogP contribution in [0.2, 0.25) is 0 Å². The minimum absolute atomic E-state index is 0.106. The van der Waals surface area contributed by atoms with Crippen molar-refractivity contribution in [3.05, 3.63) is 59.3 Å². The van der Waals surface area contributed by atoms with Gasteiger partial charge < -0.3 is 20.7 Å². The van der Waals surface area contributed by atoms with E-state index in [1.54, 1.807) is 0 Å². The Balaban J connectivity index is 1.76. The third kappa shape index (κ3) is 6.73. The molecule has 0 aliphatic carbocycles. The number of hydrogen-bond acceptors (Lipinski definition) is 4. The van der Waals surface area contributed by atoms with Crippen LogP contribution in [0.5, 0.6) is 0 Å². The van der Waals surface area contributed by atoms with E-state index in [9.17, 15) is 18.0 Å². The second kappa shape index (κ2) is 10.5. The van der Waals surface area contributed by atoms with Gasteiger partial charge in [-0.25, -0.2) is 9.78 Å². The van der Waals surface area contributed by atoms with Crippen LogP contribution in [0.1, 0.15) is 23.6 Å². The monoisotopic (exact) mass is 396 g/mol. The first kappa shape index (κ1) is 21.5. The molecule has 0 spiro atoms. The first-order chi connectivity index (χ1) is 13.4. The van der Waals surface area contributed by atoms with Crippen molar-refractivity contribution in [2.45, 2.75) is 26.3 Å². The standard InChI is InChI=1S/C19H23F3N4O2/c1-2-28-13-15-7-4-3-6-14(15)12-26-18(27)25-11-10-24-17-16(19(20,21)22)8-5-9-23-17/h3-9H,2,10-13H2,1H3,(H,23,24)(H2,25,26,27). The number of ether oxygens (including phenoxy) is 1. The molecule has 0 radical (unpaired) electrons. The highest BCUT2D eigenvalue weighted by molar-refractivity contribution is 5.73. The quantitative estimate of drug-likeness (QED) is 0.567. The molecule has 0 aliphatic rings. The van der Waals surface area contributed by atoms with E-state index in [-0.39, 0.29) is 18.9 Å². The van der Waals surface area contributed by atoms with Crippen LogP contribution in [0, 0.1) is 0 Å². The van der Waals surface area contributed by atoms with E-state index >= 15 is 0 Å². The maximum absolute atomic E-state index is 12.9. The summed E-state index contributed by atoms with van der Waals surface area (Å²) < 4.78 is 44.1. The van der Waals surface area contributed by atoms with Crippen LogP contribution in [0.25, 0.3) is 0 Å². The number of aromatic nitrogens is 1. The van der Waals surface area contributed by atoms with Crippen molar-refractivity contribution in [1.82, 2.24) is 15.6 Å². The van der Waals surface area contributed by atoms with Gasteiger partial charge in [-0.2, -0.15) is 13.2 Å². The summed E-state index contributed by atoms with van der Waals surface area (Å²) in [7, 11) is 0. The maximum Gasteiger partial charge on any atom is 0.419 e. The third-order valence-electron chi connectivity index (χ3n) is 3.84. The maximum atomic E-state index is 12.9. The molecule has 28 heavy (non-hydrogen) atoms. The van der Waals surface area contributed by atoms with E-state index in [0.29, 0.717) is 19.8 Å². The van der Waals surface area contributed by atoms with Gasteiger partial charge in [0.05, 0.1) is 12.2 Å². The molecule has 0 saturated carbocycles. The Labute approximate surface area is 161 Å². The lowest BCUT2D eigenvalue weighted by atomic mass is 10.1. The lowest BCUT2D eigenvalue weighted by Crippen LogP contribution is -2.37. The van der Waals surface area contributed by atoms with E-state index in [2.05, 4.69) is 20.9 Å². The van der Waals surface area contributed by atoms with E-state index in [1.807, 2.05) is 31.2 Å². The first-order valence-electron chi connectivity index (χ1n) is 8.84. The number of pyridine rings is 1. The number of hydrogen-bond donors (Lipinski definition) is 3. The van der Waals surface area contributed by atoms with E-state index in [0.717, 1.165) is 17.2 Å². The van der Waals surface area contributed by atoms with Crippen molar-refractivity contribution in [3.63, 3.8) is 0 Å². The van der Waals surface area contributed by atoms with Crippen molar-refractivity contribution in [2.24, 2.45) is 0 Å². The predicted molar refractivity (Wildman–Crippen MR) is 99.7 cm³/mol. The first-order valence-corrected chi connectivity index (χ1v) is 8.84. The molecule has 0 unspecified atom stereocenters. The molecule has 9 heteroatoms. The van der Waals surface area contributed by atoms with Crippen LogP contribution in [0.4, 0.5) is 23.8 Å². The van der Waals surface area contributed by atoms with Gasteiger partial charge in [-0.05, 0) is 30.2 Å². The van der Waals surface area contributed by atoms with Gasteiger partial charge in [0.2, 0.25) is 0 Å². The molecular weight excluding hydrogens is 373 g/mol. The average Bonchev–Trinajstić information content (AvgIpc) is 2.68. The summed E-state index contributed by atoms with van der Waals surface area (Å²) in [5.74, 6) is -0.262. The number of alkyl halides is 3. The summed E-state index contributed by atoms with van der Waals surface area (Å²) in [5, 5.41) is 7.90. The van der Waals surface area contributed by atoms with Gasteiger partial charge >= 0.3 is 12.2 Å². The number of rotatable bonds is 9. The van der Waals surface area contributed by atoms with Crippen LogP contribution >= 0.6 is 0 Å². The van der Waals surface area contributed by atoms with Crippen molar-refractivity contribution in [3.8, 4) is 0 Å². The van der Waals surface area contributed by atoms with E-state index < -0.39 is 17.8 Å². The predicted octanol–water partition coefficient (Wildman–Crippen LogP) is 3.55. The Bertz CT molecular complexity index is 769. The van der Waals surface area contributed by atoms with Crippen LogP contribution in [-0.2, 0) is 24.1 Å². The summed E-state index contributed by atoms with van der Waals surface area (Å²) >= 11 is 0. The lowest BCUT2D eigenvalue weighted by molar-refractivity contribution is -0.137. The van der Waals surface area contributed by atoms with Gasteiger partial charge in [0.1, 0.15) is 5.82 Å². The molecule has 6 nitrogen and oxygen atoms in total. The second-order valence-corrected chi connectivity index (χ2v) is 5.84. The number of halogens is 3. The fraction of sp³-hybridized carbons (Fsp3) is 0.368. The molecule has 3 N–H and O–H groups in total. The molecule has 1 aromatic carbocycles. The summed E-state index contributed by atoms with van der Waals surface area (Å²) in [6.07, 6.45) is -3.21. The van der Waals surface area contributed by atoms with Crippen molar-refractivity contribution in [1.29, 1.82) is 0 Å². The van der Waals surface area contributed by atoms with Gasteiger partial charge in [0.15, 0.2) is 0 Å². The van der Waals surface area contributed by atoms with Crippen LogP contribution in [-0.4, -0.2) is 30.7 Å². The number of carbonyl (C=O) groups is 1. The summed E-state index contributed by atoms with van der Waals surface area (Å²) in [5.41, 5.74) is 1.08. The Kier molecular flexibility index (Phi) is 8.06. The molecule has 0 bridgehead atoms. The van der Waals surface area contributed by atoms with Gasteiger partial charge in [-0.3, -0.25) is 0 Å². The fourth-order valence-corrected chi connectivity index (χ4v) is 2.45. The molecule has 0 saturated heterocycles. The summed E-state index contributed by atoms with van der Waals surface area (Å²) in [6, 6.07) is 9.37. The highest BCUT2D eigenvalue weighted by atomic mass is 19.4. The minimum Gasteiger partial charge on any atom is -0.377 e. The molecule has 1 heterocycles. The molecule has 152 valence electrons. The Morgan fingerprint density at radius 3 is 2.54 bits per heavy atom. The number of anilines is 1. The normalized spacial score (nSPS) is 11.1. The smallest absolute Gasteiger partial charge is 0.377 e. The number of nitrogens with zero attached hydrogens (tertiary/aromatic N) is 1. The summed E-state index contributed by atoms with van der Waals surface area (Å²) in [4.78, 5) is 15.6. The number of benzene rings is 1. The molecule has 0 atom stereocenters. The van der Waals surface area contributed by atoms with Crippen LogP contribution in [0.15, 0.2) is 42.6 Å². The van der Waals surface area contributed by atoms with Gasteiger partial charge in [-0.1, -0.05) is 24.3 Å². The molecule has 2 aromatic rings. The van der Waals surface area contributed by atoms with Crippen LogP contribution < -0.4 is 16.0 Å². The van der Waals surface area contributed by atoms with Crippen molar-refractivity contribution >= 4 is 11.8 Å². The number of nitrogens with one attached hydrogen (secondary N) is 3. The number of amides is 2. The van der Waals surface area contributed by atoms with Gasteiger partial charge in [0, 0.05) is 32.4 Å². The van der Waals surface area contributed by atoms with Gasteiger partial charge in [-0.15, -0.1) is 0 Å². The highest BCUT2D eigenvalue weighted by Crippen LogP contribution is 2.33. The van der Waals surface area contributed by atoms with Crippen molar-refractivity contribution in [2.75, 3.05) is 25.0 Å². The molecule has 0 fully saturated rings. The second-order valence-electron chi connectivity index (χ2n) is 5.84. The zero-order chi connectivity index (χ0) is 20.4. The molecule has 2 amide bonds. The zero-order valence-corrected chi connectivity index (χ0v) is 15.5. The van der Waals surface area contributed by atoms with Crippen LogP contribution in [0.3, 0.4) is 0 Å². The molecule has 2 rings (SSSR count). The Morgan fingerprint density at radius 2 is 1.82 bits per heavy atom. The highest BCUT2D eigenvalue weighted by Gasteiger charge is 2.33. The largest absolute Gasteiger partial charge is 0.419 e. The molecular formula is C19H23F3N4O2. The average molecular weight is 396 g/mol. The van der Waals surface area contributed by atoms with Gasteiger partial charge in [0.25, 0.3) is 0 Å².